The molecule has 196 valence electrons. The number of aryl methyl sites for hydroxylation is 2. The summed E-state index contributed by atoms with van der Waals surface area (Å²) in [5.41, 5.74) is 2.99. The van der Waals surface area contributed by atoms with Crippen LogP contribution in [0.25, 0.3) is 0 Å². The van der Waals surface area contributed by atoms with Crippen LogP contribution in [0.5, 0.6) is 0 Å². The zero-order chi connectivity index (χ0) is 26.6. The second kappa shape index (κ2) is 11.8. The summed E-state index contributed by atoms with van der Waals surface area (Å²) >= 11 is 12.2. The van der Waals surface area contributed by atoms with Crippen LogP contribution in [0.15, 0.2) is 36.4 Å². The van der Waals surface area contributed by atoms with Gasteiger partial charge in [0.1, 0.15) is 12.6 Å². The zero-order valence-electron chi connectivity index (χ0n) is 21.1. The molecule has 0 saturated heterocycles. The quantitative estimate of drug-likeness (QED) is 0.480. The van der Waals surface area contributed by atoms with Crippen molar-refractivity contribution in [2.75, 3.05) is 17.1 Å². The molecule has 1 atom stereocenters. The van der Waals surface area contributed by atoms with Crippen molar-refractivity contribution in [1.82, 2.24) is 10.2 Å². The topological polar surface area (TPSA) is 86.8 Å². The molecule has 2 aromatic rings. The summed E-state index contributed by atoms with van der Waals surface area (Å²) in [7, 11) is -3.78. The number of halogens is 2. The maximum Gasteiger partial charge on any atom is 0.244 e. The number of amides is 2. The van der Waals surface area contributed by atoms with Gasteiger partial charge in [-0.1, -0.05) is 48.2 Å². The smallest absolute Gasteiger partial charge is 0.244 e. The number of rotatable bonds is 9. The molecule has 1 aliphatic rings. The van der Waals surface area contributed by atoms with E-state index in [-0.39, 0.29) is 18.5 Å². The second-order valence-electron chi connectivity index (χ2n) is 9.47. The summed E-state index contributed by atoms with van der Waals surface area (Å²) in [4.78, 5) is 28.1. The van der Waals surface area contributed by atoms with E-state index in [0.717, 1.165) is 47.4 Å². The minimum absolute atomic E-state index is 0.0690. The zero-order valence-corrected chi connectivity index (χ0v) is 23.4. The Balaban J connectivity index is 1.91. The van der Waals surface area contributed by atoms with Gasteiger partial charge >= 0.3 is 0 Å². The number of hydrogen-bond donors (Lipinski definition) is 1. The number of hydrogen-bond acceptors (Lipinski definition) is 4. The number of nitrogens with one attached hydrogen (secondary N) is 1. The molecule has 3 rings (SSSR count). The number of sulfonamides is 1. The number of carbonyl (C=O) groups is 2. The lowest BCUT2D eigenvalue weighted by Crippen LogP contribution is -2.52. The fourth-order valence-corrected chi connectivity index (χ4v) is 5.47. The van der Waals surface area contributed by atoms with Gasteiger partial charge in [0.15, 0.2) is 0 Å². The van der Waals surface area contributed by atoms with Gasteiger partial charge in [0, 0.05) is 12.6 Å². The molecule has 0 radical (unpaired) electrons. The van der Waals surface area contributed by atoms with Crippen LogP contribution < -0.4 is 9.62 Å². The first kappa shape index (κ1) is 28.3. The molecule has 0 unspecified atom stereocenters. The standard InChI is InChI=1S/C26H33Cl2N3O4S/c1-17-9-11-22(13-18(17)2)31(36(4,34)35)16-25(32)30(15-20-10-12-23(27)24(28)14-20)19(3)26(33)29-21-7-5-6-8-21/h9-14,19,21H,5-8,15-16H2,1-4H3,(H,29,33)/t19-/m0/s1. The summed E-state index contributed by atoms with van der Waals surface area (Å²) in [6, 6.07) is 9.50. The Labute approximate surface area is 223 Å². The van der Waals surface area contributed by atoms with Crippen molar-refractivity contribution in [2.24, 2.45) is 0 Å². The average Bonchev–Trinajstić information content (AvgIpc) is 3.31. The Morgan fingerprint density at radius 3 is 2.28 bits per heavy atom. The second-order valence-corrected chi connectivity index (χ2v) is 12.2. The van der Waals surface area contributed by atoms with Gasteiger partial charge in [0.2, 0.25) is 21.8 Å². The minimum atomic E-state index is -3.78. The summed E-state index contributed by atoms with van der Waals surface area (Å²) in [5.74, 6) is -0.772. The monoisotopic (exact) mass is 553 g/mol. The number of benzene rings is 2. The molecule has 0 bridgehead atoms. The Kier molecular flexibility index (Phi) is 9.30. The number of carbonyl (C=O) groups excluding carboxylic acids is 2. The van der Waals surface area contributed by atoms with Crippen LogP contribution >= 0.6 is 23.2 Å². The van der Waals surface area contributed by atoms with Crippen molar-refractivity contribution in [2.45, 2.75) is 65.1 Å². The van der Waals surface area contributed by atoms with Crippen molar-refractivity contribution in [3.63, 3.8) is 0 Å². The van der Waals surface area contributed by atoms with E-state index in [1.165, 1.54) is 4.90 Å². The van der Waals surface area contributed by atoms with Crippen molar-refractivity contribution in [3.8, 4) is 0 Å². The predicted octanol–water partition coefficient (Wildman–Crippen LogP) is 4.85. The first-order valence-electron chi connectivity index (χ1n) is 12.0. The molecule has 0 aromatic heterocycles. The molecular weight excluding hydrogens is 521 g/mol. The van der Waals surface area contributed by atoms with Crippen LogP contribution in [0.1, 0.15) is 49.3 Å². The Hall–Kier alpha value is -2.29. The van der Waals surface area contributed by atoms with E-state index in [4.69, 9.17) is 23.2 Å². The molecule has 2 aromatic carbocycles. The van der Waals surface area contributed by atoms with Gasteiger partial charge in [-0.15, -0.1) is 0 Å². The summed E-state index contributed by atoms with van der Waals surface area (Å²) in [6.45, 7) is 5.09. The molecule has 10 heteroatoms. The highest BCUT2D eigenvalue weighted by molar-refractivity contribution is 7.92. The summed E-state index contributed by atoms with van der Waals surface area (Å²) in [5, 5.41) is 3.75. The van der Waals surface area contributed by atoms with Crippen molar-refractivity contribution in [1.29, 1.82) is 0 Å². The average molecular weight is 555 g/mol. The van der Waals surface area contributed by atoms with Crippen molar-refractivity contribution in [3.05, 3.63) is 63.1 Å². The van der Waals surface area contributed by atoms with Crippen LogP contribution in [-0.2, 0) is 26.2 Å². The van der Waals surface area contributed by atoms with Gasteiger partial charge in [-0.05, 0) is 74.6 Å². The SMILES string of the molecule is Cc1ccc(N(CC(=O)N(Cc2ccc(Cl)c(Cl)c2)[C@@H](C)C(=O)NC2CCCC2)S(C)(=O)=O)cc1C. The van der Waals surface area contributed by atoms with Crippen LogP contribution in [0.2, 0.25) is 10.0 Å². The van der Waals surface area contributed by atoms with E-state index in [9.17, 15) is 18.0 Å². The summed E-state index contributed by atoms with van der Waals surface area (Å²) in [6.07, 6.45) is 5.01. The lowest BCUT2D eigenvalue weighted by atomic mass is 10.1. The predicted molar refractivity (Wildman–Crippen MR) is 145 cm³/mol. The fraction of sp³-hybridized carbons (Fsp3) is 0.462. The highest BCUT2D eigenvalue weighted by Gasteiger charge is 2.31. The van der Waals surface area contributed by atoms with E-state index in [0.29, 0.717) is 21.3 Å². The Morgan fingerprint density at radius 2 is 1.69 bits per heavy atom. The van der Waals surface area contributed by atoms with Crippen LogP contribution in [0, 0.1) is 13.8 Å². The van der Waals surface area contributed by atoms with E-state index >= 15 is 0 Å². The van der Waals surface area contributed by atoms with Crippen molar-refractivity contribution >= 4 is 50.7 Å². The van der Waals surface area contributed by atoms with E-state index in [2.05, 4.69) is 5.32 Å². The lowest BCUT2D eigenvalue weighted by Gasteiger charge is -2.32. The molecule has 2 amide bonds. The Morgan fingerprint density at radius 1 is 1.03 bits per heavy atom. The van der Waals surface area contributed by atoms with Gasteiger partial charge in [-0.2, -0.15) is 0 Å². The van der Waals surface area contributed by atoms with Crippen LogP contribution in [0.3, 0.4) is 0 Å². The molecule has 36 heavy (non-hydrogen) atoms. The molecule has 0 heterocycles. The lowest BCUT2D eigenvalue weighted by molar-refractivity contribution is -0.139. The third-order valence-corrected chi connectivity index (χ3v) is 8.54. The Bertz CT molecular complexity index is 1230. The summed E-state index contributed by atoms with van der Waals surface area (Å²) < 4.78 is 26.5. The maximum atomic E-state index is 13.6. The molecule has 0 spiro atoms. The molecule has 1 aliphatic carbocycles. The van der Waals surface area contributed by atoms with Crippen molar-refractivity contribution < 1.29 is 18.0 Å². The van der Waals surface area contributed by atoms with Crippen LogP contribution in [0.4, 0.5) is 5.69 Å². The van der Waals surface area contributed by atoms with Gasteiger partial charge < -0.3 is 10.2 Å². The van der Waals surface area contributed by atoms with Gasteiger partial charge in [0.05, 0.1) is 22.0 Å². The first-order valence-corrected chi connectivity index (χ1v) is 14.6. The third-order valence-electron chi connectivity index (χ3n) is 6.66. The molecule has 1 N–H and O–H groups in total. The molecule has 1 fully saturated rings. The number of nitrogens with zero attached hydrogens (tertiary/aromatic N) is 2. The first-order chi connectivity index (χ1) is 16.9. The molecule has 1 saturated carbocycles. The fourth-order valence-electron chi connectivity index (χ4n) is 4.30. The van der Waals surface area contributed by atoms with Crippen LogP contribution in [-0.4, -0.2) is 50.0 Å². The van der Waals surface area contributed by atoms with Gasteiger partial charge in [0.25, 0.3) is 0 Å². The number of anilines is 1. The minimum Gasteiger partial charge on any atom is -0.352 e. The van der Waals surface area contributed by atoms with E-state index < -0.39 is 28.5 Å². The van der Waals surface area contributed by atoms with E-state index in [1.54, 1.807) is 37.3 Å². The molecule has 0 aliphatic heterocycles. The maximum absolute atomic E-state index is 13.6. The van der Waals surface area contributed by atoms with E-state index in [1.807, 2.05) is 19.9 Å². The normalized spacial score (nSPS) is 14.9. The molecular formula is C26H33Cl2N3O4S. The largest absolute Gasteiger partial charge is 0.352 e. The highest BCUT2D eigenvalue weighted by atomic mass is 35.5. The van der Waals surface area contributed by atoms with Gasteiger partial charge in [-0.3, -0.25) is 13.9 Å². The third kappa shape index (κ3) is 7.14. The highest BCUT2D eigenvalue weighted by Crippen LogP contribution is 2.25. The molecule has 7 nitrogen and oxygen atoms in total. The van der Waals surface area contributed by atoms with Gasteiger partial charge in [-0.25, -0.2) is 8.42 Å².